The van der Waals surface area contributed by atoms with Crippen molar-refractivity contribution in [2.24, 2.45) is 5.41 Å². The van der Waals surface area contributed by atoms with Crippen molar-refractivity contribution in [3.8, 4) is 11.1 Å². The van der Waals surface area contributed by atoms with Crippen molar-refractivity contribution in [2.45, 2.75) is 19.9 Å². The summed E-state index contributed by atoms with van der Waals surface area (Å²) < 4.78 is 22.0. The molecule has 3 rings (SSSR count). The van der Waals surface area contributed by atoms with Crippen LogP contribution in [0.2, 0.25) is 0 Å². The first kappa shape index (κ1) is 19.9. The van der Waals surface area contributed by atoms with Crippen LogP contribution in [0.5, 0.6) is 0 Å². The Morgan fingerprint density at radius 1 is 1.29 bits per heavy atom. The number of amides is 1. The van der Waals surface area contributed by atoms with E-state index in [0.717, 1.165) is 21.9 Å². The largest absolute Gasteiger partial charge is 0.384 e. The van der Waals surface area contributed by atoms with E-state index in [1.807, 2.05) is 24.4 Å². The second kappa shape index (κ2) is 8.05. The Labute approximate surface area is 163 Å². The molecule has 1 aromatic carbocycles. The zero-order valence-corrected chi connectivity index (χ0v) is 16.0. The Balaban J connectivity index is 1.78. The Bertz CT molecular complexity index is 1040. The number of nitrogens with zero attached hydrogens (tertiary/aromatic N) is 3. The van der Waals surface area contributed by atoms with Gasteiger partial charge in [-0.05, 0) is 36.4 Å². The summed E-state index contributed by atoms with van der Waals surface area (Å²) in [6.07, 6.45) is 5.49. The van der Waals surface area contributed by atoms with Crippen LogP contribution >= 0.6 is 0 Å². The number of aryl methyl sites for hydroxylation is 1. The Morgan fingerprint density at radius 3 is 2.79 bits per heavy atom. The van der Waals surface area contributed by atoms with E-state index in [-0.39, 0.29) is 12.2 Å². The highest BCUT2D eigenvalue weighted by Crippen LogP contribution is 2.27. The molecule has 0 radical (unpaired) electrons. The number of carbonyl (C=O) groups is 1. The van der Waals surface area contributed by atoms with Crippen LogP contribution in [0.1, 0.15) is 13.3 Å². The lowest BCUT2D eigenvalue weighted by molar-refractivity contribution is -0.138. The molecule has 2 unspecified atom stereocenters. The molecule has 2 atom stereocenters. The summed E-state index contributed by atoms with van der Waals surface area (Å²) in [6.45, 7) is 1.87. The highest BCUT2D eigenvalue weighted by Gasteiger charge is 2.35. The summed E-state index contributed by atoms with van der Waals surface area (Å²) in [5.74, 6) is -0.542. The lowest BCUT2D eigenvalue weighted by atomic mass is 9.88. The van der Waals surface area contributed by atoms with Crippen LogP contribution in [-0.4, -0.2) is 40.4 Å². The molecule has 0 aliphatic rings. The van der Waals surface area contributed by atoms with E-state index in [4.69, 9.17) is 15.5 Å². The zero-order chi connectivity index (χ0) is 20.3. The first-order valence-electron chi connectivity index (χ1n) is 8.51. The Kier molecular flexibility index (Phi) is 5.73. The number of hydrogen-bond acceptors (Lipinski definition) is 6. The number of pyridine rings is 1. The van der Waals surface area contributed by atoms with E-state index in [0.29, 0.717) is 12.4 Å². The lowest BCUT2D eigenvalue weighted by Gasteiger charge is -2.25. The quantitative estimate of drug-likeness (QED) is 0.267. The van der Waals surface area contributed by atoms with E-state index in [1.54, 1.807) is 28.6 Å². The summed E-state index contributed by atoms with van der Waals surface area (Å²) in [4.78, 5) is 16.0. The minimum Gasteiger partial charge on any atom is -0.384 e. The van der Waals surface area contributed by atoms with Gasteiger partial charge in [0.2, 0.25) is 5.91 Å². The standard InChI is InChI=1S/C18H21N5O4S/c1-18(11-28(26)27,17(24)22-25)4-5-23-10-15(9-21-23)12-2-3-13-8-20-16(19)7-14(13)6-12/h2-3,6-10,25H,4-5,11H2,1H3,(H2,19,20)(H,22,24)(H,26,27). The second-order valence-electron chi connectivity index (χ2n) is 6.88. The maximum absolute atomic E-state index is 11.9. The number of nitrogens with one attached hydrogen (secondary N) is 1. The lowest BCUT2D eigenvalue weighted by Crippen LogP contribution is -2.42. The van der Waals surface area contributed by atoms with Gasteiger partial charge >= 0.3 is 0 Å². The van der Waals surface area contributed by atoms with Gasteiger partial charge in [0.05, 0.1) is 17.4 Å². The van der Waals surface area contributed by atoms with Crippen LogP contribution in [0.3, 0.4) is 0 Å². The van der Waals surface area contributed by atoms with Crippen molar-refractivity contribution in [2.75, 3.05) is 11.5 Å². The number of fused-ring (bicyclic) bond motifs is 1. The number of anilines is 1. The summed E-state index contributed by atoms with van der Waals surface area (Å²) >= 11 is -2.17. The summed E-state index contributed by atoms with van der Waals surface area (Å²) in [7, 11) is 0. The maximum Gasteiger partial charge on any atom is 0.250 e. The van der Waals surface area contributed by atoms with Crippen LogP contribution in [0.4, 0.5) is 5.82 Å². The van der Waals surface area contributed by atoms with Gasteiger partial charge in [0.25, 0.3) is 0 Å². The minimum absolute atomic E-state index is 0.229. The van der Waals surface area contributed by atoms with Gasteiger partial charge in [-0.15, -0.1) is 0 Å². The molecule has 0 aliphatic carbocycles. The number of nitrogens with two attached hydrogens (primary N) is 1. The average Bonchev–Trinajstić information content (AvgIpc) is 3.13. The molecule has 2 heterocycles. The van der Waals surface area contributed by atoms with E-state index in [9.17, 15) is 9.00 Å². The smallest absolute Gasteiger partial charge is 0.250 e. The van der Waals surface area contributed by atoms with Crippen molar-refractivity contribution in [3.05, 3.63) is 42.9 Å². The van der Waals surface area contributed by atoms with Crippen molar-refractivity contribution in [1.82, 2.24) is 20.2 Å². The van der Waals surface area contributed by atoms with Crippen molar-refractivity contribution >= 4 is 33.6 Å². The molecule has 0 aliphatic heterocycles. The van der Waals surface area contributed by atoms with Gasteiger partial charge in [-0.25, -0.2) is 14.7 Å². The first-order valence-corrected chi connectivity index (χ1v) is 9.78. The number of nitrogen functional groups attached to an aromatic ring is 1. The summed E-state index contributed by atoms with van der Waals surface area (Å²) in [6, 6.07) is 7.71. The molecule has 0 spiro atoms. The van der Waals surface area contributed by atoms with E-state index >= 15 is 0 Å². The zero-order valence-electron chi connectivity index (χ0n) is 15.2. The third-order valence-corrected chi connectivity index (χ3v) is 5.58. The highest BCUT2D eigenvalue weighted by molar-refractivity contribution is 7.79. The third kappa shape index (κ3) is 4.35. The van der Waals surface area contributed by atoms with Crippen molar-refractivity contribution in [3.63, 3.8) is 0 Å². The molecule has 28 heavy (non-hydrogen) atoms. The number of carbonyl (C=O) groups excluding carboxylic acids is 1. The van der Waals surface area contributed by atoms with Gasteiger partial charge in [-0.3, -0.25) is 14.7 Å². The monoisotopic (exact) mass is 403 g/mol. The van der Waals surface area contributed by atoms with Crippen LogP contribution in [0.25, 0.3) is 21.9 Å². The minimum atomic E-state index is -2.17. The Hall–Kier alpha value is -2.82. The average molecular weight is 403 g/mol. The number of hydrogen-bond donors (Lipinski definition) is 4. The summed E-state index contributed by atoms with van der Waals surface area (Å²) in [5.41, 5.74) is 7.96. The SMILES string of the molecule is CC(CCn1cc(-c2ccc3cnc(N)cc3c2)cn1)(CS(=O)O)C(=O)NO. The molecule has 0 saturated heterocycles. The maximum atomic E-state index is 11.9. The molecular formula is C18H21N5O4S. The van der Waals surface area contributed by atoms with Gasteiger partial charge in [0, 0.05) is 29.9 Å². The van der Waals surface area contributed by atoms with Gasteiger partial charge in [0.15, 0.2) is 11.1 Å². The molecule has 0 fully saturated rings. The van der Waals surface area contributed by atoms with E-state index in [1.165, 1.54) is 6.92 Å². The molecule has 1 amide bonds. The van der Waals surface area contributed by atoms with Crippen LogP contribution < -0.4 is 11.2 Å². The van der Waals surface area contributed by atoms with Gasteiger partial charge in [-0.2, -0.15) is 5.10 Å². The molecular weight excluding hydrogens is 382 g/mol. The fourth-order valence-corrected chi connectivity index (χ4v) is 3.81. The number of rotatable bonds is 7. The summed E-state index contributed by atoms with van der Waals surface area (Å²) in [5, 5.41) is 15.2. The normalized spacial score (nSPS) is 14.5. The van der Waals surface area contributed by atoms with Gasteiger partial charge in [-0.1, -0.05) is 12.1 Å². The molecule has 148 valence electrons. The molecule has 2 aromatic heterocycles. The first-order chi connectivity index (χ1) is 13.3. The van der Waals surface area contributed by atoms with Crippen LogP contribution in [-0.2, 0) is 22.4 Å². The predicted octanol–water partition coefficient (Wildman–Crippen LogP) is 1.80. The highest BCUT2D eigenvalue weighted by atomic mass is 32.2. The number of aromatic nitrogens is 3. The fraction of sp³-hybridized carbons (Fsp3) is 0.278. The third-order valence-electron chi connectivity index (χ3n) is 4.69. The molecule has 0 bridgehead atoms. The predicted molar refractivity (Wildman–Crippen MR) is 106 cm³/mol. The fourth-order valence-electron chi connectivity index (χ4n) is 2.99. The van der Waals surface area contributed by atoms with Crippen molar-refractivity contribution < 1.29 is 18.8 Å². The topological polar surface area (TPSA) is 143 Å². The van der Waals surface area contributed by atoms with Crippen LogP contribution in [0, 0.1) is 5.41 Å². The Morgan fingerprint density at radius 2 is 2.07 bits per heavy atom. The van der Waals surface area contributed by atoms with E-state index < -0.39 is 22.4 Å². The molecule has 0 saturated carbocycles. The molecule has 9 nitrogen and oxygen atoms in total. The second-order valence-corrected chi connectivity index (χ2v) is 7.81. The van der Waals surface area contributed by atoms with E-state index in [2.05, 4.69) is 10.1 Å². The van der Waals surface area contributed by atoms with Gasteiger partial charge < -0.3 is 10.3 Å². The number of benzene rings is 1. The molecule has 5 N–H and O–H groups in total. The molecule has 3 aromatic rings. The molecule has 10 heteroatoms. The number of hydroxylamine groups is 1. The van der Waals surface area contributed by atoms with Crippen LogP contribution in [0.15, 0.2) is 42.9 Å². The van der Waals surface area contributed by atoms with Gasteiger partial charge in [0.1, 0.15) is 5.82 Å². The van der Waals surface area contributed by atoms with Crippen molar-refractivity contribution in [1.29, 1.82) is 0 Å².